The smallest absolute Gasteiger partial charge is 0.265 e. The van der Waals surface area contributed by atoms with Crippen molar-refractivity contribution in [2.24, 2.45) is 0 Å². The fraction of sp³-hybridized carbons (Fsp3) is 0.391. The summed E-state index contributed by atoms with van der Waals surface area (Å²) in [7, 11) is 0. The number of benzene rings is 2. The summed E-state index contributed by atoms with van der Waals surface area (Å²) in [4.78, 5) is 19.8. The van der Waals surface area contributed by atoms with Crippen molar-refractivity contribution < 1.29 is 9.13 Å². The Bertz CT molecular complexity index is 1060. The molecular weight excluding hydrogens is 369 g/mol. The standard InChI is InChI=1S/C23H26FN3O2/c1-17-25-21-9-4-3-8-19(21)23(28)27(17)18-10-11-22(20(24)16-18)29-15-7-14-26-12-5-2-6-13-26/h3-4,8-11,16H,2,5-7,12-15H2,1H3. The molecule has 29 heavy (non-hydrogen) atoms. The molecule has 0 spiro atoms. The fourth-order valence-corrected chi connectivity index (χ4v) is 3.95. The molecule has 0 bridgehead atoms. The van der Waals surface area contributed by atoms with Crippen LogP contribution in [0.2, 0.25) is 0 Å². The van der Waals surface area contributed by atoms with E-state index in [0.29, 0.717) is 29.0 Å². The quantitative estimate of drug-likeness (QED) is 0.590. The molecule has 2 heterocycles. The lowest BCUT2D eigenvalue weighted by atomic mass is 10.1. The summed E-state index contributed by atoms with van der Waals surface area (Å²) >= 11 is 0. The van der Waals surface area contributed by atoms with Crippen molar-refractivity contribution in [3.8, 4) is 11.4 Å². The summed E-state index contributed by atoms with van der Waals surface area (Å²) in [6.07, 6.45) is 4.72. The van der Waals surface area contributed by atoms with Crippen LogP contribution in [0, 0.1) is 12.7 Å². The molecule has 0 saturated carbocycles. The summed E-state index contributed by atoms with van der Waals surface area (Å²) in [5, 5.41) is 0.511. The maximum atomic E-state index is 14.6. The van der Waals surface area contributed by atoms with E-state index in [-0.39, 0.29) is 11.3 Å². The molecule has 1 aromatic heterocycles. The molecule has 0 amide bonds. The van der Waals surface area contributed by atoms with Crippen LogP contribution < -0.4 is 10.3 Å². The van der Waals surface area contributed by atoms with Gasteiger partial charge in [-0.3, -0.25) is 9.36 Å². The zero-order valence-electron chi connectivity index (χ0n) is 16.7. The highest BCUT2D eigenvalue weighted by atomic mass is 19.1. The van der Waals surface area contributed by atoms with Crippen LogP contribution in [0.3, 0.4) is 0 Å². The van der Waals surface area contributed by atoms with Gasteiger partial charge in [-0.15, -0.1) is 0 Å². The molecule has 0 atom stereocenters. The average molecular weight is 395 g/mol. The highest BCUT2D eigenvalue weighted by Gasteiger charge is 2.13. The SMILES string of the molecule is Cc1nc2ccccc2c(=O)n1-c1ccc(OCCCN2CCCCC2)c(F)c1. The number of rotatable bonds is 6. The molecule has 1 fully saturated rings. The van der Waals surface area contributed by atoms with Gasteiger partial charge in [-0.2, -0.15) is 0 Å². The van der Waals surface area contributed by atoms with E-state index in [2.05, 4.69) is 9.88 Å². The van der Waals surface area contributed by atoms with Gasteiger partial charge >= 0.3 is 0 Å². The van der Waals surface area contributed by atoms with Crippen molar-refractivity contribution in [2.75, 3.05) is 26.2 Å². The minimum Gasteiger partial charge on any atom is -0.490 e. The Kier molecular flexibility index (Phi) is 5.90. The van der Waals surface area contributed by atoms with Gasteiger partial charge in [0.1, 0.15) is 5.82 Å². The van der Waals surface area contributed by atoms with Gasteiger partial charge in [-0.1, -0.05) is 18.6 Å². The van der Waals surface area contributed by atoms with Gasteiger partial charge in [0.15, 0.2) is 11.6 Å². The molecular formula is C23H26FN3O2. The number of likely N-dealkylation sites (tertiary alicyclic amines) is 1. The first-order chi connectivity index (χ1) is 14.1. The monoisotopic (exact) mass is 395 g/mol. The third-order valence-corrected chi connectivity index (χ3v) is 5.44. The van der Waals surface area contributed by atoms with Crippen molar-refractivity contribution in [1.82, 2.24) is 14.5 Å². The Labute approximate surface area is 169 Å². The van der Waals surface area contributed by atoms with Crippen LogP contribution in [-0.2, 0) is 0 Å². The normalized spacial score (nSPS) is 15.0. The minimum absolute atomic E-state index is 0.206. The Morgan fingerprint density at radius 2 is 1.90 bits per heavy atom. The maximum absolute atomic E-state index is 14.6. The molecule has 0 unspecified atom stereocenters. The van der Waals surface area contributed by atoms with Gasteiger partial charge in [0.05, 0.1) is 23.2 Å². The summed E-state index contributed by atoms with van der Waals surface area (Å²) in [5.41, 5.74) is 0.881. The number of para-hydroxylation sites is 1. The fourth-order valence-electron chi connectivity index (χ4n) is 3.95. The van der Waals surface area contributed by atoms with E-state index in [4.69, 9.17) is 4.74 Å². The number of hydrogen-bond acceptors (Lipinski definition) is 4. The third kappa shape index (κ3) is 4.32. The average Bonchev–Trinajstić information content (AvgIpc) is 2.73. The lowest BCUT2D eigenvalue weighted by Crippen LogP contribution is -2.31. The van der Waals surface area contributed by atoms with E-state index >= 15 is 0 Å². The molecule has 152 valence electrons. The first-order valence-electron chi connectivity index (χ1n) is 10.3. The second kappa shape index (κ2) is 8.74. The van der Waals surface area contributed by atoms with Gasteiger partial charge in [0.25, 0.3) is 5.56 Å². The summed E-state index contributed by atoms with van der Waals surface area (Å²) < 4.78 is 21.7. The minimum atomic E-state index is -0.472. The lowest BCUT2D eigenvalue weighted by molar-refractivity contribution is 0.203. The van der Waals surface area contributed by atoms with Crippen molar-refractivity contribution in [1.29, 1.82) is 0 Å². The number of nitrogens with zero attached hydrogens (tertiary/aromatic N) is 3. The van der Waals surface area contributed by atoms with Gasteiger partial charge in [0, 0.05) is 12.6 Å². The molecule has 6 heteroatoms. The van der Waals surface area contributed by atoms with Crippen molar-refractivity contribution in [3.63, 3.8) is 0 Å². The summed E-state index contributed by atoms with van der Waals surface area (Å²) in [6.45, 7) is 5.50. The summed E-state index contributed by atoms with van der Waals surface area (Å²) in [5.74, 6) is 0.259. The van der Waals surface area contributed by atoms with Crippen LogP contribution >= 0.6 is 0 Å². The van der Waals surface area contributed by atoms with E-state index in [1.807, 2.05) is 6.07 Å². The molecule has 1 saturated heterocycles. The molecule has 1 aliphatic heterocycles. The Morgan fingerprint density at radius 3 is 2.69 bits per heavy atom. The second-order valence-electron chi connectivity index (χ2n) is 7.54. The molecule has 0 aliphatic carbocycles. The Balaban J connectivity index is 1.47. The number of hydrogen-bond donors (Lipinski definition) is 0. The van der Waals surface area contributed by atoms with Crippen LogP contribution in [-0.4, -0.2) is 40.7 Å². The van der Waals surface area contributed by atoms with E-state index in [9.17, 15) is 9.18 Å². The number of aryl methyl sites for hydroxylation is 1. The maximum Gasteiger partial charge on any atom is 0.265 e. The van der Waals surface area contributed by atoms with Gasteiger partial charge in [-0.05, 0) is 63.5 Å². The number of piperidine rings is 1. The van der Waals surface area contributed by atoms with Crippen LogP contribution in [0.4, 0.5) is 4.39 Å². The molecule has 4 rings (SSSR count). The van der Waals surface area contributed by atoms with E-state index in [0.717, 1.165) is 26.1 Å². The van der Waals surface area contributed by atoms with Gasteiger partial charge in [0.2, 0.25) is 0 Å². The van der Waals surface area contributed by atoms with E-state index < -0.39 is 5.82 Å². The van der Waals surface area contributed by atoms with Gasteiger partial charge < -0.3 is 9.64 Å². The topological polar surface area (TPSA) is 47.4 Å². The number of aromatic nitrogens is 2. The lowest BCUT2D eigenvalue weighted by Gasteiger charge is -2.26. The zero-order valence-corrected chi connectivity index (χ0v) is 16.7. The molecule has 0 radical (unpaired) electrons. The zero-order chi connectivity index (χ0) is 20.2. The van der Waals surface area contributed by atoms with Crippen molar-refractivity contribution >= 4 is 10.9 Å². The van der Waals surface area contributed by atoms with E-state index in [1.165, 1.54) is 29.9 Å². The highest BCUT2D eigenvalue weighted by molar-refractivity contribution is 5.77. The molecule has 0 N–H and O–H groups in total. The molecule has 1 aliphatic rings. The highest BCUT2D eigenvalue weighted by Crippen LogP contribution is 2.21. The molecule has 2 aromatic carbocycles. The molecule has 5 nitrogen and oxygen atoms in total. The number of ether oxygens (including phenoxy) is 1. The second-order valence-corrected chi connectivity index (χ2v) is 7.54. The van der Waals surface area contributed by atoms with Crippen molar-refractivity contribution in [3.05, 3.63) is 64.5 Å². The van der Waals surface area contributed by atoms with Crippen molar-refractivity contribution in [2.45, 2.75) is 32.6 Å². The van der Waals surface area contributed by atoms with E-state index in [1.54, 1.807) is 37.3 Å². The first kappa shape index (κ1) is 19.6. The van der Waals surface area contributed by atoms with Crippen LogP contribution in [0.1, 0.15) is 31.5 Å². The van der Waals surface area contributed by atoms with Crippen LogP contribution in [0.5, 0.6) is 5.75 Å². The number of halogens is 1. The predicted molar refractivity (Wildman–Crippen MR) is 112 cm³/mol. The van der Waals surface area contributed by atoms with Crippen LogP contribution in [0.15, 0.2) is 47.3 Å². The predicted octanol–water partition coefficient (Wildman–Crippen LogP) is 4.09. The largest absolute Gasteiger partial charge is 0.490 e. The first-order valence-corrected chi connectivity index (χ1v) is 10.3. The summed E-state index contributed by atoms with van der Waals surface area (Å²) in [6, 6.07) is 11.8. The Hall–Kier alpha value is -2.73. The van der Waals surface area contributed by atoms with Crippen LogP contribution in [0.25, 0.3) is 16.6 Å². The Morgan fingerprint density at radius 1 is 1.10 bits per heavy atom. The third-order valence-electron chi connectivity index (χ3n) is 5.44. The van der Waals surface area contributed by atoms with Gasteiger partial charge in [-0.25, -0.2) is 9.37 Å². The molecule has 3 aromatic rings. The number of fused-ring (bicyclic) bond motifs is 1.